The van der Waals surface area contributed by atoms with E-state index in [1.807, 2.05) is 0 Å². The first kappa shape index (κ1) is 18.3. The van der Waals surface area contributed by atoms with Crippen molar-refractivity contribution < 1.29 is 17.5 Å². The van der Waals surface area contributed by atoms with E-state index in [9.17, 15) is 12.8 Å². The molecule has 28 heavy (non-hydrogen) atoms. The van der Waals surface area contributed by atoms with Gasteiger partial charge in [0, 0.05) is 30.4 Å². The smallest absolute Gasteiger partial charge is 0.247 e. The van der Waals surface area contributed by atoms with Crippen LogP contribution in [-0.2, 0) is 10.0 Å². The molecule has 1 aliphatic heterocycles. The molecule has 144 valence electrons. The van der Waals surface area contributed by atoms with E-state index in [0.717, 1.165) is 10.7 Å². The molecular weight excluding hydrogens is 383 g/mol. The molecule has 1 atom stereocenters. The fourth-order valence-corrected chi connectivity index (χ4v) is 4.16. The molecule has 0 saturated carbocycles. The van der Waals surface area contributed by atoms with E-state index in [2.05, 4.69) is 15.1 Å². The summed E-state index contributed by atoms with van der Waals surface area (Å²) < 4.78 is 45.2. The Morgan fingerprint density at radius 3 is 2.54 bits per heavy atom. The first-order valence-corrected chi connectivity index (χ1v) is 10.3. The normalized spacial score (nSPS) is 17.0. The van der Waals surface area contributed by atoms with Crippen LogP contribution < -0.4 is 4.74 Å². The Kier molecular flexibility index (Phi) is 4.46. The molecule has 0 unspecified atom stereocenters. The highest BCUT2D eigenvalue weighted by atomic mass is 32.2. The Morgan fingerprint density at radius 1 is 1.11 bits per heavy atom. The lowest BCUT2D eigenvalue weighted by Crippen LogP contribution is -2.25. The van der Waals surface area contributed by atoms with Crippen LogP contribution in [0.5, 0.6) is 5.75 Å². The third-order valence-electron chi connectivity index (χ3n) is 4.58. The highest BCUT2D eigenvalue weighted by Crippen LogP contribution is 2.36. The molecule has 9 heteroatoms. The average Bonchev–Trinajstić information content (AvgIpc) is 3.13. The number of ether oxygens (including phenoxy) is 1. The first-order chi connectivity index (χ1) is 13.4. The summed E-state index contributed by atoms with van der Waals surface area (Å²) in [4.78, 5) is 8.49. The largest absolute Gasteiger partial charge is 0.497 e. The summed E-state index contributed by atoms with van der Waals surface area (Å²) in [7, 11) is -2.21. The number of halogens is 1. The van der Waals surface area contributed by atoms with E-state index < -0.39 is 21.9 Å². The summed E-state index contributed by atoms with van der Waals surface area (Å²) in [5, 5.41) is 4.23. The topological polar surface area (TPSA) is 84.8 Å². The van der Waals surface area contributed by atoms with E-state index in [1.54, 1.807) is 42.7 Å². The second-order valence-corrected chi connectivity index (χ2v) is 8.29. The second-order valence-electron chi connectivity index (χ2n) is 6.45. The number of hydrogen-bond acceptors (Lipinski definition) is 6. The number of benzene rings is 2. The number of hydrazone groups is 1. The van der Waals surface area contributed by atoms with E-state index in [-0.39, 0.29) is 12.0 Å². The maximum Gasteiger partial charge on any atom is 0.247 e. The predicted molar refractivity (Wildman–Crippen MR) is 103 cm³/mol. The van der Waals surface area contributed by atoms with E-state index >= 15 is 0 Å². The number of hydrogen-bond donors (Lipinski definition) is 0. The number of sulfonamides is 1. The maximum atomic E-state index is 14.5. The lowest BCUT2D eigenvalue weighted by atomic mass is 9.98. The number of aromatic nitrogens is 2. The summed E-state index contributed by atoms with van der Waals surface area (Å²) in [6, 6.07) is 9.19. The van der Waals surface area contributed by atoms with Crippen LogP contribution in [0.2, 0.25) is 0 Å². The van der Waals surface area contributed by atoms with E-state index in [1.165, 1.54) is 13.2 Å². The van der Waals surface area contributed by atoms with Crippen molar-refractivity contribution in [2.45, 2.75) is 12.5 Å². The molecule has 0 radical (unpaired) electrons. The van der Waals surface area contributed by atoms with Crippen LogP contribution in [0.15, 0.2) is 53.9 Å². The van der Waals surface area contributed by atoms with Crippen molar-refractivity contribution in [3.63, 3.8) is 0 Å². The van der Waals surface area contributed by atoms with Gasteiger partial charge in [0.05, 0.1) is 36.2 Å². The molecule has 4 rings (SSSR count). The fourth-order valence-electron chi connectivity index (χ4n) is 3.25. The molecule has 0 aliphatic carbocycles. The molecule has 7 nitrogen and oxygen atoms in total. The summed E-state index contributed by atoms with van der Waals surface area (Å²) >= 11 is 0. The van der Waals surface area contributed by atoms with Gasteiger partial charge in [0.1, 0.15) is 11.6 Å². The van der Waals surface area contributed by atoms with Crippen LogP contribution in [-0.4, -0.2) is 41.9 Å². The fraction of sp³-hybridized carbons (Fsp3) is 0.211. The predicted octanol–water partition coefficient (Wildman–Crippen LogP) is 2.89. The molecule has 2 aromatic carbocycles. The molecule has 0 N–H and O–H groups in total. The lowest BCUT2D eigenvalue weighted by Gasteiger charge is -2.21. The zero-order valence-corrected chi connectivity index (χ0v) is 16.0. The molecule has 1 aliphatic rings. The van der Waals surface area contributed by atoms with E-state index in [0.29, 0.717) is 28.1 Å². The number of nitrogens with zero attached hydrogens (tertiary/aromatic N) is 4. The van der Waals surface area contributed by atoms with Crippen molar-refractivity contribution in [2.24, 2.45) is 5.10 Å². The zero-order chi connectivity index (χ0) is 19.9. The van der Waals surface area contributed by atoms with Crippen LogP contribution >= 0.6 is 0 Å². The molecule has 0 saturated heterocycles. The Labute approximate surface area is 161 Å². The van der Waals surface area contributed by atoms with E-state index in [4.69, 9.17) is 4.74 Å². The minimum Gasteiger partial charge on any atom is -0.497 e. The Morgan fingerprint density at radius 2 is 1.86 bits per heavy atom. The van der Waals surface area contributed by atoms with Crippen LogP contribution in [0.1, 0.15) is 23.6 Å². The Balaban J connectivity index is 1.76. The molecule has 3 aromatic rings. The number of fused-ring (bicyclic) bond motifs is 1. The average molecular weight is 400 g/mol. The summed E-state index contributed by atoms with van der Waals surface area (Å²) in [6.45, 7) is 0. The quantitative estimate of drug-likeness (QED) is 0.672. The number of methoxy groups -OCH3 is 1. The summed E-state index contributed by atoms with van der Waals surface area (Å²) in [6.07, 6.45) is 4.48. The molecule has 0 bridgehead atoms. The first-order valence-electron chi connectivity index (χ1n) is 8.48. The van der Waals surface area contributed by atoms with Gasteiger partial charge in [0.2, 0.25) is 10.0 Å². The SMILES string of the molecule is COc1ccc(C2=NN(S(C)(=O)=O)[C@H](c3ccc4nccnc4c3)C2)c(F)c1. The minimum atomic E-state index is -3.66. The Bertz CT molecular complexity index is 1200. The van der Waals surface area contributed by atoms with Crippen molar-refractivity contribution in [3.05, 3.63) is 65.7 Å². The van der Waals surface area contributed by atoms with Crippen molar-refractivity contribution in [1.29, 1.82) is 0 Å². The van der Waals surface area contributed by atoms with Crippen LogP contribution in [0, 0.1) is 5.82 Å². The minimum absolute atomic E-state index is 0.238. The summed E-state index contributed by atoms with van der Waals surface area (Å²) in [5.74, 6) is -0.138. The number of rotatable bonds is 4. The van der Waals surface area contributed by atoms with Crippen molar-refractivity contribution in [2.75, 3.05) is 13.4 Å². The van der Waals surface area contributed by atoms with Crippen LogP contribution in [0.3, 0.4) is 0 Å². The van der Waals surface area contributed by atoms with Crippen LogP contribution in [0.25, 0.3) is 11.0 Å². The van der Waals surface area contributed by atoms with Gasteiger partial charge in [-0.05, 0) is 29.8 Å². The molecule has 0 fully saturated rings. The Hall–Kier alpha value is -3.07. The lowest BCUT2D eigenvalue weighted by molar-refractivity contribution is 0.375. The highest BCUT2D eigenvalue weighted by Gasteiger charge is 2.35. The van der Waals surface area contributed by atoms with Gasteiger partial charge in [-0.1, -0.05) is 6.07 Å². The third-order valence-corrected chi connectivity index (χ3v) is 5.59. The molecule has 0 amide bonds. The van der Waals surface area contributed by atoms with Gasteiger partial charge in [-0.2, -0.15) is 9.52 Å². The maximum absolute atomic E-state index is 14.5. The van der Waals surface area contributed by atoms with Crippen molar-refractivity contribution in [1.82, 2.24) is 14.4 Å². The zero-order valence-electron chi connectivity index (χ0n) is 15.2. The van der Waals surface area contributed by atoms with Gasteiger partial charge in [-0.25, -0.2) is 12.8 Å². The van der Waals surface area contributed by atoms with Crippen molar-refractivity contribution >= 4 is 26.8 Å². The van der Waals surface area contributed by atoms with Crippen molar-refractivity contribution in [3.8, 4) is 5.75 Å². The standard InChI is InChI=1S/C19H17FN4O3S/c1-27-13-4-5-14(15(20)10-13)17-11-19(24(23-17)28(2,25)26)12-3-6-16-18(9-12)22-8-7-21-16/h3-10,19H,11H2,1-2H3/t19-/m0/s1. The second kappa shape index (κ2) is 6.83. The van der Waals surface area contributed by atoms with Gasteiger partial charge < -0.3 is 4.74 Å². The molecule has 2 heterocycles. The van der Waals surface area contributed by atoms with Gasteiger partial charge in [-0.15, -0.1) is 0 Å². The monoisotopic (exact) mass is 400 g/mol. The molecule has 1 aromatic heterocycles. The van der Waals surface area contributed by atoms with Gasteiger partial charge in [0.25, 0.3) is 0 Å². The van der Waals surface area contributed by atoms with Crippen LogP contribution in [0.4, 0.5) is 4.39 Å². The highest BCUT2D eigenvalue weighted by molar-refractivity contribution is 7.88. The van der Waals surface area contributed by atoms with Gasteiger partial charge in [-0.3, -0.25) is 9.97 Å². The molecular formula is C19H17FN4O3S. The van der Waals surface area contributed by atoms with Gasteiger partial charge in [0.15, 0.2) is 0 Å². The molecule has 0 spiro atoms. The summed E-state index contributed by atoms with van der Waals surface area (Å²) in [5.41, 5.74) is 2.67. The third kappa shape index (κ3) is 3.29. The van der Waals surface area contributed by atoms with Gasteiger partial charge >= 0.3 is 0 Å².